The van der Waals surface area contributed by atoms with Crippen molar-refractivity contribution in [2.24, 2.45) is 0 Å². The quantitative estimate of drug-likeness (QED) is 0.847. The molecule has 0 radical (unpaired) electrons. The molecule has 2 aromatic rings. The molecule has 0 saturated heterocycles. The zero-order valence-corrected chi connectivity index (χ0v) is 14.2. The Hall–Kier alpha value is -2.28. The maximum Gasteiger partial charge on any atom is 0.338 e. The van der Waals surface area contributed by atoms with Crippen LogP contribution < -0.4 is 5.32 Å². The highest BCUT2D eigenvalue weighted by Crippen LogP contribution is 2.36. The van der Waals surface area contributed by atoms with Gasteiger partial charge >= 0.3 is 5.97 Å². The van der Waals surface area contributed by atoms with Gasteiger partial charge in [-0.2, -0.15) is 4.68 Å². The minimum atomic E-state index is -0.338. The van der Waals surface area contributed by atoms with Gasteiger partial charge in [-0.05, 0) is 55.4 Å². The topological polar surface area (TPSA) is 81.9 Å². The molecule has 1 heterocycles. The smallest absolute Gasteiger partial charge is 0.338 e. The van der Waals surface area contributed by atoms with Crippen molar-refractivity contribution in [1.82, 2.24) is 25.5 Å². The molecule has 0 bridgehead atoms. The fourth-order valence-corrected chi connectivity index (χ4v) is 3.38. The molecule has 1 aromatic carbocycles. The Morgan fingerprint density at radius 3 is 2.83 bits per heavy atom. The van der Waals surface area contributed by atoms with Crippen LogP contribution in [0.3, 0.4) is 0 Å². The number of benzene rings is 1. The summed E-state index contributed by atoms with van der Waals surface area (Å²) >= 11 is 0. The molecule has 1 saturated carbocycles. The van der Waals surface area contributed by atoms with Gasteiger partial charge in [-0.1, -0.05) is 25.3 Å². The number of aromatic nitrogens is 4. The van der Waals surface area contributed by atoms with E-state index in [0.717, 1.165) is 37.2 Å². The van der Waals surface area contributed by atoms with Crippen molar-refractivity contribution in [2.75, 3.05) is 13.7 Å². The number of tetrazole rings is 1. The van der Waals surface area contributed by atoms with E-state index in [1.165, 1.54) is 6.42 Å². The van der Waals surface area contributed by atoms with Gasteiger partial charge in [0.15, 0.2) is 5.82 Å². The normalized spacial score (nSPS) is 16.8. The third-order valence-corrected chi connectivity index (χ3v) is 4.69. The predicted molar refractivity (Wildman–Crippen MR) is 88.9 cm³/mol. The van der Waals surface area contributed by atoms with Gasteiger partial charge in [0.05, 0.1) is 23.4 Å². The molecule has 1 aliphatic rings. The first-order valence-electron chi connectivity index (χ1n) is 8.45. The summed E-state index contributed by atoms with van der Waals surface area (Å²) in [7, 11) is 1.96. The maximum absolute atomic E-state index is 12.0. The summed E-state index contributed by atoms with van der Waals surface area (Å²) in [5.41, 5.74) is 1.04. The number of nitrogens with one attached hydrogen (secondary N) is 1. The highest BCUT2D eigenvalue weighted by Gasteiger charge is 2.37. The second kappa shape index (κ2) is 7.09. The van der Waals surface area contributed by atoms with Gasteiger partial charge in [0, 0.05) is 0 Å². The molecule has 0 atom stereocenters. The van der Waals surface area contributed by atoms with E-state index in [4.69, 9.17) is 4.74 Å². The molecule has 1 fully saturated rings. The van der Waals surface area contributed by atoms with Crippen molar-refractivity contribution >= 4 is 5.97 Å². The Morgan fingerprint density at radius 2 is 2.12 bits per heavy atom. The summed E-state index contributed by atoms with van der Waals surface area (Å²) in [4.78, 5) is 12.0. The minimum Gasteiger partial charge on any atom is -0.462 e. The third-order valence-electron chi connectivity index (χ3n) is 4.69. The van der Waals surface area contributed by atoms with Crippen molar-refractivity contribution in [3.05, 3.63) is 35.7 Å². The summed E-state index contributed by atoms with van der Waals surface area (Å²) in [5.74, 6) is 0.459. The van der Waals surface area contributed by atoms with E-state index >= 15 is 0 Å². The van der Waals surface area contributed by atoms with E-state index < -0.39 is 0 Å². The van der Waals surface area contributed by atoms with Crippen molar-refractivity contribution in [3.63, 3.8) is 0 Å². The lowest BCUT2D eigenvalue weighted by Crippen LogP contribution is -2.44. The first-order chi connectivity index (χ1) is 11.7. The Bertz CT molecular complexity index is 707. The molecule has 0 amide bonds. The molecule has 7 nitrogen and oxygen atoms in total. The van der Waals surface area contributed by atoms with Gasteiger partial charge in [-0.3, -0.25) is 0 Å². The van der Waals surface area contributed by atoms with Gasteiger partial charge in [-0.25, -0.2) is 4.79 Å². The number of hydrogen-bond donors (Lipinski definition) is 1. The molecule has 24 heavy (non-hydrogen) atoms. The number of ether oxygens (including phenoxy) is 1. The van der Waals surface area contributed by atoms with E-state index in [0.29, 0.717) is 12.2 Å². The van der Waals surface area contributed by atoms with E-state index in [-0.39, 0.29) is 11.5 Å². The lowest BCUT2D eigenvalue weighted by atomic mass is 9.81. The lowest BCUT2D eigenvalue weighted by molar-refractivity contribution is 0.0526. The molecule has 0 unspecified atom stereocenters. The van der Waals surface area contributed by atoms with E-state index in [9.17, 15) is 4.79 Å². The fraction of sp³-hybridized carbons (Fsp3) is 0.529. The summed E-state index contributed by atoms with van der Waals surface area (Å²) in [5, 5.41) is 15.8. The molecule has 7 heteroatoms. The lowest BCUT2D eigenvalue weighted by Gasteiger charge is -2.35. The van der Waals surface area contributed by atoms with Crippen LogP contribution in [0, 0.1) is 0 Å². The van der Waals surface area contributed by atoms with E-state index in [1.807, 2.05) is 19.2 Å². The molecule has 1 aromatic heterocycles. The Morgan fingerprint density at radius 1 is 1.33 bits per heavy atom. The zero-order valence-electron chi connectivity index (χ0n) is 14.2. The Kier molecular flexibility index (Phi) is 4.89. The standard InChI is InChI=1S/C17H23N5O2/c1-3-24-15(23)13-8-7-9-14(12-13)22-16(19-20-21-22)17(18-2)10-5-4-6-11-17/h7-9,12,18H,3-6,10-11H2,1-2H3. The summed E-state index contributed by atoms with van der Waals surface area (Å²) in [6.07, 6.45) is 5.54. The van der Waals surface area contributed by atoms with Gasteiger partial charge in [-0.15, -0.1) is 5.10 Å². The highest BCUT2D eigenvalue weighted by atomic mass is 16.5. The molecule has 3 rings (SSSR count). The van der Waals surface area contributed by atoms with Crippen molar-refractivity contribution in [3.8, 4) is 5.69 Å². The summed E-state index contributed by atoms with van der Waals surface area (Å²) < 4.78 is 6.80. The summed E-state index contributed by atoms with van der Waals surface area (Å²) in [6.45, 7) is 2.14. The zero-order chi connectivity index (χ0) is 17.0. The fourth-order valence-electron chi connectivity index (χ4n) is 3.38. The van der Waals surface area contributed by atoms with Crippen LogP contribution in [0.15, 0.2) is 24.3 Å². The van der Waals surface area contributed by atoms with Crippen LogP contribution in [0.2, 0.25) is 0 Å². The monoisotopic (exact) mass is 329 g/mol. The molecule has 128 valence electrons. The van der Waals surface area contributed by atoms with Crippen LogP contribution in [0.1, 0.15) is 55.2 Å². The number of carbonyl (C=O) groups is 1. The van der Waals surface area contributed by atoms with Gasteiger partial charge < -0.3 is 10.1 Å². The predicted octanol–water partition coefficient (Wildman–Crippen LogP) is 2.22. The third kappa shape index (κ3) is 3.03. The Balaban J connectivity index is 1.98. The van der Waals surface area contributed by atoms with Crippen molar-refractivity contribution in [1.29, 1.82) is 0 Å². The SMILES string of the molecule is CCOC(=O)c1cccc(-n2nnnc2C2(NC)CCCCC2)c1. The van der Waals surface area contributed by atoms with Gasteiger partial charge in [0.2, 0.25) is 0 Å². The number of nitrogens with zero attached hydrogens (tertiary/aromatic N) is 4. The van der Waals surface area contributed by atoms with Crippen LogP contribution in [0.5, 0.6) is 0 Å². The van der Waals surface area contributed by atoms with E-state index in [2.05, 4.69) is 20.8 Å². The number of esters is 1. The first-order valence-corrected chi connectivity index (χ1v) is 8.45. The molecule has 1 N–H and O–H groups in total. The molecular weight excluding hydrogens is 306 g/mol. The average Bonchev–Trinajstić information content (AvgIpc) is 3.13. The van der Waals surface area contributed by atoms with Crippen LogP contribution in [0.25, 0.3) is 5.69 Å². The van der Waals surface area contributed by atoms with Crippen molar-refractivity contribution < 1.29 is 9.53 Å². The second-order valence-corrected chi connectivity index (χ2v) is 6.08. The van der Waals surface area contributed by atoms with Gasteiger partial charge in [0.25, 0.3) is 0 Å². The van der Waals surface area contributed by atoms with Crippen LogP contribution in [-0.2, 0) is 10.3 Å². The van der Waals surface area contributed by atoms with Crippen LogP contribution >= 0.6 is 0 Å². The minimum absolute atomic E-state index is 0.221. The molecular formula is C17H23N5O2. The first kappa shape index (κ1) is 16.6. The molecule has 0 aliphatic heterocycles. The number of rotatable bonds is 5. The summed E-state index contributed by atoms with van der Waals surface area (Å²) in [6, 6.07) is 7.22. The second-order valence-electron chi connectivity index (χ2n) is 6.08. The van der Waals surface area contributed by atoms with Crippen LogP contribution in [0.4, 0.5) is 0 Å². The van der Waals surface area contributed by atoms with Crippen LogP contribution in [-0.4, -0.2) is 39.8 Å². The molecule has 0 spiro atoms. The molecule has 1 aliphatic carbocycles. The van der Waals surface area contributed by atoms with Crippen molar-refractivity contribution in [2.45, 2.75) is 44.6 Å². The highest BCUT2D eigenvalue weighted by molar-refractivity contribution is 5.90. The number of hydrogen-bond acceptors (Lipinski definition) is 6. The number of carbonyl (C=O) groups excluding carboxylic acids is 1. The average molecular weight is 329 g/mol. The van der Waals surface area contributed by atoms with Gasteiger partial charge in [0.1, 0.15) is 0 Å². The maximum atomic E-state index is 12.0. The van der Waals surface area contributed by atoms with E-state index in [1.54, 1.807) is 23.7 Å². The largest absolute Gasteiger partial charge is 0.462 e. The Labute approximate surface area is 141 Å².